The van der Waals surface area contributed by atoms with Gasteiger partial charge >= 0.3 is 0 Å². The molecule has 2 nitrogen and oxygen atoms in total. The molecule has 2 rings (SSSR count). The van der Waals surface area contributed by atoms with Crippen LogP contribution >= 0.6 is 0 Å². The van der Waals surface area contributed by atoms with Gasteiger partial charge in [-0.05, 0) is 35.3 Å². The van der Waals surface area contributed by atoms with Crippen LogP contribution in [0, 0.1) is 0 Å². The smallest absolute Gasteiger partial charge is 0.119 e. The lowest BCUT2D eigenvalue weighted by molar-refractivity contribution is 0.330. The number of methoxy groups -OCH3 is 1. The van der Waals surface area contributed by atoms with Gasteiger partial charge in [-0.25, -0.2) is 0 Å². The molecule has 1 aromatic rings. The lowest BCUT2D eigenvalue weighted by Crippen LogP contribution is -1.90. The molecule has 0 bridgehead atoms. The van der Waals surface area contributed by atoms with Crippen molar-refractivity contribution in [3.8, 4) is 5.75 Å². The van der Waals surface area contributed by atoms with E-state index in [1.165, 1.54) is 11.1 Å². The van der Waals surface area contributed by atoms with E-state index in [-0.39, 0.29) is 6.61 Å². The first-order chi connectivity index (χ1) is 6.33. The summed E-state index contributed by atoms with van der Waals surface area (Å²) in [5.74, 6) is 0.881. The maximum Gasteiger partial charge on any atom is 0.119 e. The molecule has 0 aliphatic heterocycles. The zero-order valence-corrected chi connectivity index (χ0v) is 7.58. The molecule has 0 saturated heterocycles. The Labute approximate surface area is 77.5 Å². The third-order valence-corrected chi connectivity index (χ3v) is 2.33. The van der Waals surface area contributed by atoms with E-state index in [0.29, 0.717) is 0 Å². The van der Waals surface area contributed by atoms with E-state index in [1.807, 2.05) is 24.3 Å². The molecule has 0 saturated carbocycles. The first-order valence-corrected chi connectivity index (χ1v) is 4.30. The summed E-state index contributed by atoms with van der Waals surface area (Å²) >= 11 is 0. The van der Waals surface area contributed by atoms with Crippen LogP contribution in [0.4, 0.5) is 0 Å². The van der Waals surface area contributed by atoms with E-state index in [4.69, 9.17) is 9.84 Å². The zero-order chi connectivity index (χ0) is 9.26. The molecule has 2 heteroatoms. The molecule has 0 aromatic heterocycles. The highest BCUT2D eigenvalue weighted by atomic mass is 16.5. The van der Waals surface area contributed by atoms with Crippen LogP contribution in [-0.4, -0.2) is 18.8 Å². The monoisotopic (exact) mass is 176 g/mol. The van der Waals surface area contributed by atoms with E-state index in [1.54, 1.807) is 7.11 Å². The van der Waals surface area contributed by atoms with Gasteiger partial charge in [0.05, 0.1) is 13.7 Å². The fourth-order valence-electron chi connectivity index (χ4n) is 1.62. The third kappa shape index (κ3) is 1.45. The molecule has 1 aliphatic rings. The molecule has 0 heterocycles. The normalized spacial score (nSPS) is 13.8. The largest absolute Gasteiger partial charge is 0.497 e. The zero-order valence-electron chi connectivity index (χ0n) is 7.58. The van der Waals surface area contributed by atoms with Crippen LogP contribution in [0.5, 0.6) is 5.75 Å². The van der Waals surface area contributed by atoms with Crippen molar-refractivity contribution >= 4 is 6.08 Å². The lowest BCUT2D eigenvalue weighted by Gasteiger charge is -2.02. The summed E-state index contributed by atoms with van der Waals surface area (Å²) in [6.07, 6.45) is 2.89. The molecule has 0 fully saturated rings. The number of rotatable bonds is 2. The summed E-state index contributed by atoms with van der Waals surface area (Å²) in [5, 5.41) is 8.97. The van der Waals surface area contributed by atoms with Gasteiger partial charge in [-0.3, -0.25) is 0 Å². The molecular formula is C11H12O2. The molecule has 0 amide bonds. The van der Waals surface area contributed by atoms with Crippen molar-refractivity contribution < 1.29 is 9.84 Å². The Hall–Kier alpha value is -1.28. The van der Waals surface area contributed by atoms with Crippen LogP contribution in [-0.2, 0) is 6.42 Å². The minimum Gasteiger partial charge on any atom is -0.497 e. The average molecular weight is 176 g/mol. The number of aliphatic hydroxyl groups excluding tert-OH is 1. The highest BCUT2D eigenvalue weighted by Crippen LogP contribution is 2.27. The summed E-state index contributed by atoms with van der Waals surface area (Å²) in [5.41, 5.74) is 3.51. The highest BCUT2D eigenvalue weighted by molar-refractivity contribution is 5.65. The molecule has 1 aromatic carbocycles. The van der Waals surface area contributed by atoms with Crippen molar-refractivity contribution in [2.24, 2.45) is 0 Å². The molecule has 1 N–H and O–H groups in total. The highest BCUT2D eigenvalue weighted by Gasteiger charge is 2.11. The Kier molecular flexibility index (Phi) is 2.07. The maximum absolute atomic E-state index is 8.97. The standard InChI is InChI=1S/C11H12O2/c1-13-11-3-2-9-4-8(7-12)5-10(9)6-11/h2-4,6,12H,5,7H2,1H3. The molecule has 68 valence electrons. The van der Waals surface area contributed by atoms with E-state index < -0.39 is 0 Å². The summed E-state index contributed by atoms with van der Waals surface area (Å²) in [6, 6.07) is 5.99. The van der Waals surface area contributed by atoms with Crippen LogP contribution in [0.2, 0.25) is 0 Å². The van der Waals surface area contributed by atoms with Gasteiger partial charge in [-0.2, -0.15) is 0 Å². The number of ether oxygens (including phenoxy) is 1. The SMILES string of the molecule is COc1ccc2c(c1)CC(CO)=C2. The van der Waals surface area contributed by atoms with Crippen LogP contribution < -0.4 is 4.74 Å². The predicted octanol–water partition coefficient (Wildman–Crippen LogP) is 1.63. The average Bonchev–Trinajstić information content (AvgIpc) is 2.58. The van der Waals surface area contributed by atoms with Crippen LogP contribution in [0.15, 0.2) is 23.8 Å². The van der Waals surface area contributed by atoms with E-state index in [9.17, 15) is 0 Å². The first kappa shape index (κ1) is 8.32. The quantitative estimate of drug-likeness (QED) is 0.742. The van der Waals surface area contributed by atoms with Gasteiger partial charge in [0.1, 0.15) is 5.75 Å². The second-order valence-corrected chi connectivity index (χ2v) is 3.20. The molecular weight excluding hydrogens is 164 g/mol. The molecule has 0 atom stereocenters. The van der Waals surface area contributed by atoms with Crippen LogP contribution in [0.3, 0.4) is 0 Å². The van der Waals surface area contributed by atoms with Gasteiger partial charge in [0.25, 0.3) is 0 Å². The van der Waals surface area contributed by atoms with Gasteiger partial charge in [-0.15, -0.1) is 0 Å². The molecule has 1 aliphatic carbocycles. The van der Waals surface area contributed by atoms with Gasteiger partial charge in [0.2, 0.25) is 0 Å². The second kappa shape index (κ2) is 3.23. The molecule has 0 radical (unpaired) electrons. The fourth-order valence-corrected chi connectivity index (χ4v) is 1.62. The van der Waals surface area contributed by atoms with E-state index in [0.717, 1.165) is 17.7 Å². The van der Waals surface area contributed by atoms with E-state index in [2.05, 4.69) is 0 Å². The summed E-state index contributed by atoms with van der Waals surface area (Å²) in [7, 11) is 1.66. The van der Waals surface area contributed by atoms with Crippen molar-refractivity contribution in [1.82, 2.24) is 0 Å². The number of aliphatic hydroxyl groups is 1. The lowest BCUT2D eigenvalue weighted by atomic mass is 10.1. The topological polar surface area (TPSA) is 29.5 Å². The summed E-state index contributed by atoms with van der Waals surface area (Å²) in [6.45, 7) is 0.150. The number of fused-ring (bicyclic) bond motifs is 1. The minimum absolute atomic E-state index is 0.150. The van der Waals surface area contributed by atoms with Gasteiger partial charge in [0.15, 0.2) is 0 Å². The first-order valence-electron chi connectivity index (χ1n) is 4.30. The van der Waals surface area contributed by atoms with Crippen molar-refractivity contribution in [2.75, 3.05) is 13.7 Å². The van der Waals surface area contributed by atoms with Gasteiger partial charge in [0, 0.05) is 0 Å². The van der Waals surface area contributed by atoms with Gasteiger partial charge < -0.3 is 9.84 Å². The van der Waals surface area contributed by atoms with Crippen molar-refractivity contribution in [1.29, 1.82) is 0 Å². The predicted molar refractivity (Wildman–Crippen MR) is 51.8 cm³/mol. The van der Waals surface area contributed by atoms with E-state index >= 15 is 0 Å². The maximum atomic E-state index is 8.97. The Bertz CT molecular complexity index is 353. The Morgan fingerprint density at radius 2 is 2.31 bits per heavy atom. The number of hydrogen-bond acceptors (Lipinski definition) is 2. The van der Waals surface area contributed by atoms with Crippen molar-refractivity contribution in [3.63, 3.8) is 0 Å². The Morgan fingerprint density at radius 1 is 1.46 bits per heavy atom. The molecule has 0 spiro atoms. The van der Waals surface area contributed by atoms with Crippen molar-refractivity contribution in [3.05, 3.63) is 34.9 Å². The van der Waals surface area contributed by atoms with Gasteiger partial charge in [-0.1, -0.05) is 12.1 Å². The van der Waals surface area contributed by atoms with Crippen molar-refractivity contribution in [2.45, 2.75) is 6.42 Å². The minimum atomic E-state index is 0.150. The fraction of sp³-hybridized carbons (Fsp3) is 0.273. The third-order valence-electron chi connectivity index (χ3n) is 2.33. The molecule has 13 heavy (non-hydrogen) atoms. The van der Waals surface area contributed by atoms with Crippen LogP contribution in [0.25, 0.3) is 6.08 Å². The van der Waals surface area contributed by atoms with Crippen LogP contribution in [0.1, 0.15) is 11.1 Å². The number of hydrogen-bond donors (Lipinski definition) is 1. The summed E-state index contributed by atoms with van der Waals surface area (Å²) in [4.78, 5) is 0. The molecule has 0 unspecified atom stereocenters. The Morgan fingerprint density at radius 3 is 3.00 bits per heavy atom. The summed E-state index contributed by atoms with van der Waals surface area (Å²) < 4.78 is 5.12. The Balaban J connectivity index is 2.33. The number of benzene rings is 1. The second-order valence-electron chi connectivity index (χ2n) is 3.20.